The molecule has 0 aromatic heterocycles. The van der Waals surface area contributed by atoms with Gasteiger partial charge in [0.2, 0.25) is 0 Å². The van der Waals surface area contributed by atoms with E-state index in [4.69, 9.17) is 5.11 Å². The van der Waals surface area contributed by atoms with Gasteiger partial charge in [0.25, 0.3) is 0 Å². The van der Waals surface area contributed by atoms with Crippen molar-refractivity contribution in [2.24, 2.45) is 0 Å². The van der Waals surface area contributed by atoms with Crippen molar-refractivity contribution in [3.05, 3.63) is 29.3 Å². The van der Waals surface area contributed by atoms with Crippen LogP contribution in [0.3, 0.4) is 0 Å². The van der Waals surface area contributed by atoms with Crippen molar-refractivity contribution in [3.8, 4) is 11.5 Å². The second kappa shape index (κ2) is 3.30. The highest BCUT2D eigenvalue weighted by Crippen LogP contribution is 2.29. The van der Waals surface area contributed by atoms with Gasteiger partial charge in [-0.05, 0) is 19.9 Å². The van der Waals surface area contributed by atoms with Crippen LogP contribution < -0.4 is 0 Å². The number of aromatic hydroxyl groups is 2. The van der Waals surface area contributed by atoms with Crippen molar-refractivity contribution in [1.82, 2.24) is 0 Å². The smallest absolute Gasteiger partial charge is 0.164 e. The third kappa shape index (κ3) is 1.78. The Hall–Kier alpha value is -1.44. The molecule has 0 atom stereocenters. The Balaban J connectivity index is 3.17. The Morgan fingerprint density at radius 2 is 1.92 bits per heavy atom. The molecule has 0 radical (unpaired) electrons. The molecule has 0 aliphatic carbocycles. The molecule has 1 rings (SSSR count). The first-order valence-corrected chi connectivity index (χ1v) is 3.77. The molecule has 0 aliphatic heterocycles. The van der Waals surface area contributed by atoms with Crippen molar-refractivity contribution < 1.29 is 10.2 Å². The fourth-order valence-corrected chi connectivity index (χ4v) is 0.976. The summed E-state index contributed by atoms with van der Waals surface area (Å²) in [4.78, 5) is 0. The summed E-state index contributed by atoms with van der Waals surface area (Å²) in [6.45, 7) is 3.87. The van der Waals surface area contributed by atoms with Crippen molar-refractivity contribution in [2.75, 3.05) is 0 Å². The molecule has 2 heteroatoms. The SMILES string of the molecule is CC(C)=Cc1cccc(O)c1O. The molecule has 2 N–H and O–H groups in total. The highest BCUT2D eigenvalue weighted by atomic mass is 16.3. The van der Waals surface area contributed by atoms with Gasteiger partial charge in [-0.25, -0.2) is 0 Å². The molecule has 2 nitrogen and oxygen atoms in total. The Kier molecular flexibility index (Phi) is 2.38. The zero-order valence-corrected chi connectivity index (χ0v) is 7.20. The number of hydrogen-bond acceptors (Lipinski definition) is 2. The summed E-state index contributed by atoms with van der Waals surface area (Å²) in [5.41, 5.74) is 1.73. The van der Waals surface area contributed by atoms with Crippen LogP contribution in [0.1, 0.15) is 19.4 Å². The molecule has 0 saturated heterocycles. The first kappa shape index (κ1) is 8.65. The number of para-hydroxylation sites is 1. The standard InChI is InChI=1S/C10H12O2/c1-7(2)6-8-4-3-5-9(11)10(8)12/h3-6,11-12H,1-2H3. The molecule has 0 unspecified atom stereocenters. The lowest BCUT2D eigenvalue weighted by atomic mass is 10.1. The number of benzene rings is 1. The molecule has 12 heavy (non-hydrogen) atoms. The molecule has 64 valence electrons. The predicted octanol–water partition coefficient (Wildman–Crippen LogP) is 2.52. The fraction of sp³-hybridized carbons (Fsp3) is 0.200. The molecule has 0 aliphatic rings. The van der Waals surface area contributed by atoms with E-state index in [1.165, 1.54) is 6.07 Å². The average molecular weight is 164 g/mol. The van der Waals surface area contributed by atoms with Crippen LogP contribution in [0, 0.1) is 0 Å². The van der Waals surface area contributed by atoms with E-state index in [0.717, 1.165) is 5.57 Å². The molecule has 0 heterocycles. The minimum absolute atomic E-state index is 0.0568. The summed E-state index contributed by atoms with van der Waals surface area (Å²) >= 11 is 0. The van der Waals surface area contributed by atoms with Crippen molar-refractivity contribution in [2.45, 2.75) is 13.8 Å². The van der Waals surface area contributed by atoms with E-state index >= 15 is 0 Å². The second-order valence-electron chi connectivity index (χ2n) is 2.94. The lowest BCUT2D eigenvalue weighted by Crippen LogP contribution is -1.76. The second-order valence-corrected chi connectivity index (χ2v) is 2.94. The minimum atomic E-state index is -0.0787. The first-order chi connectivity index (χ1) is 5.61. The molecule has 0 saturated carbocycles. The van der Waals surface area contributed by atoms with Crippen LogP contribution in [0.15, 0.2) is 23.8 Å². The van der Waals surface area contributed by atoms with Gasteiger partial charge in [-0.2, -0.15) is 0 Å². The molecule has 1 aromatic carbocycles. The van der Waals surface area contributed by atoms with Gasteiger partial charge < -0.3 is 10.2 Å². The van der Waals surface area contributed by atoms with Crippen LogP contribution >= 0.6 is 0 Å². The van der Waals surface area contributed by atoms with Crippen LogP contribution in [0.2, 0.25) is 0 Å². The molecule has 0 amide bonds. The van der Waals surface area contributed by atoms with E-state index in [-0.39, 0.29) is 11.5 Å². The summed E-state index contributed by atoms with van der Waals surface area (Å²) < 4.78 is 0. The van der Waals surface area contributed by atoms with Crippen LogP contribution in [-0.2, 0) is 0 Å². The van der Waals surface area contributed by atoms with Crippen LogP contribution in [-0.4, -0.2) is 10.2 Å². The number of rotatable bonds is 1. The Labute approximate surface area is 71.8 Å². The summed E-state index contributed by atoms with van der Waals surface area (Å²) in [5, 5.41) is 18.5. The van der Waals surface area contributed by atoms with E-state index in [1.54, 1.807) is 12.1 Å². The topological polar surface area (TPSA) is 40.5 Å². The molecular weight excluding hydrogens is 152 g/mol. The number of phenolic OH excluding ortho intramolecular Hbond substituents is 2. The lowest BCUT2D eigenvalue weighted by molar-refractivity contribution is 0.403. The van der Waals surface area contributed by atoms with Gasteiger partial charge in [-0.1, -0.05) is 23.8 Å². The highest BCUT2D eigenvalue weighted by Gasteiger charge is 2.01. The zero-order chi connectivity index (χ0) is 9.14. The van der Waals surface area contributed by atoms with Gasteiger partial charge >= 0.3 is 0 Å². The molecular formula is C10H12O2. The number of hydrogen-bond donors (Lipinski definition) is 2. The number of allylic oxidation sites excluding steroid dienone is 1. The van der Waals surface area contributed by atoms with Gasteiger partial charge in [0, 0.05) is 5.56 Å². The average Bonchev–Trinajstić information content (AvgIpc) is 1.98. The normalized spacial score (nSPS) is 9.50. The van der Waals surface area contributed by atoms with E-state index < -0.39 is 0 Å². The third-order valence-electron chi connectivity index (χ3n) is 1.49. The zero-order valence-electron chi connectivity index (χ0n) is 7.20. The van der Waals surface area contributed by atoms with Crippen LogP contribution in [0.5, 0.6) is 11.5 Å². The monoisotopic (exact) mass is 164 g/mol. The van der Waals surface area contributed by atoms with E-state index in [2.05, 4.69) is 0 Å². The molecule has 1 aromatic rings. The van der Waals surface area contributed by atoms with Crippen molar-refractivity contribution in [1.29, 1.82) is 0 Å². The molecule has 0 spiro atoms. The Morgan fingerprint density at radius 1 is 1.25 bits per heavy atom. The quantitative estimate of drug-likeness (QED) is 0.626. The van der Waals surface area contributed by atoms with Crippen molar-refractivity contribution in [3.63, 3.8) is 0 Å². The summed E-state index contributed by atoms with van der Waals surface area (Å²) in [6, 6.07) is 4.91. The maximum Gasteiger partial charge on any atom is 0.164 e. The van der Waals surface area contributed by atoms with E-state index in [9.17, 15) is 5.11 Å². The third-order valence-corrected chi connectivity index (χ3v) is 1.49. The first-order valence-electron chi connectivity index (χ1n) is 3.77. The maximum absolute atomic E-state index is 9.35. The number of phenols is 2. The van der Waals surface area contributed by atoms with Gasteiger partial charge in [0.15, 0.2) is 11.5 Å². The van der Waals surface area contributed by atoms with E-state index in [0.29, 0.717) is 5.56 Å². The fourth-order valence-electron chi connectivity index (χ4n) is 0.976. The summed E-state index contributed by atoms with van der Waals surface area (Å²) in [6.07, 6.45) is 1.81. The Bertz CT molecular complexity index is 310. The van der Waals surface area contributed by atoms with Gasteiger partial charge in [-0.3, -0.25) is 0 Å². The van der Waals surface area contributed by atoms with Crippen LogP contribution in [0.25, 0.3) is 6.08 Å². The summed E-state index contributed by atoms with van der Waals surface area (Å²) in [5.74, 6) is -0.135. The van der Waals surface area contributed by atoms with Crippen LogP contribution in [0.4, 0.5) is 0 Å². The summed E-state index contributed by atoms with van der Waals surface area (Å²) in [7, 11) is 0. The van der Waals surface area contributed by atoms with Gasteiger partial charge in [0.05, 0.1) is 0 Å². The maximum atomic E-state index is 9.35. The largest absolute Gasteiger partial charge is 0.504 e. The molecule has 0 fully saturated rings. The van der Waals surface area contributed by atoms with E-state index in [1.807, 2.05) is 19.9 Å². The van der Waals surface area contributed by atoms with Crippen molar-refractivity contribution >= 4 is 6.08 Å². The molecule has 0 bridgehead atoms. The lowest BCUT2D eigenvalue weighted by Gasteiger charge is -2.01. The predicted molar refractivity (Wildman–Crippen MR) is 49.1 cm³/mol. The van der Waals surface area contributed by atoms with Gasteiger partial charge in [-0.15, -0.1) is 0 Å². The minimum Gasteiger partial charge on any atom is -0.504 e. The Morgan fingerprint density at radius 3 is 2.50 bits per heavy atom. The van der Waals surface area contributed by atoms with Gasteiger partial charge in [0.1, 0.15) is 0 Å². The highest BCUT2D eigenvalue weighted by molar-refractivity contribution is 5.62.